The van der Waals surface area contributed by atoms with Gasteiger partial charge in [0.25, 0.3) is 0 Å². The van der Waals surface area contributed by atoms with Gasteiger partial charge in [0.1, 0.15) is 5.69 Å². The van der Waals surface area contributed by atoms with Gasteiger partial charge in [0.2, 0.25) is 0 Å². The summed E-state index contributed by atoms with van der Waals surface area (Å²) in [5.74, 6) is 0.554. The predicted octanol–water partition coefficient (Wildman–Crippen LogP) is 2.41. The van der Waals surface area contributed by atoms with Crippen LogP contribution in [0.2, 0.25) is 0 Å². The Bertz CT molecular complexity index is 743. The van der Waals surface area contributed by atoms with Crippen LogP contribution in [0.3, 0.4) is 0 Å². The largest absolute Gasteiger partial charge is 0.463 e. The molecule has 0 aliphatic carbocycles. The van der Waals surface area contributed by atoms with Crippen LogP contribution in [-0.2, 0) is 0 Å². The zero-order valence-corrected chi connectivity index (χ0v) is 11.7. The van der Waals surface area contributed by atoms with Gasteiger partial charge < -0.3 is 9.32 Å². The van der Waals surface area contributed by atoms with Crippen LogP contribution in [0.15, 0.2) is 47.1 Å². The molecule has 0 radical (unpaired) electrons. The first-order valence-corrected chi connectivity index (χ1v) is 6.43. The lowest BCUT2D eigenvalue weighted by atomic mass is 10.2. The molecule has 21 heavy (non-hydrogen) atoms. The Hall–Kier alpha value is -2.89. The van der Waals surface area contributed by atoms with Crippen molar-refractivity contribution in [2.24, 2.45) is 0 Å². The van der Waals surface area contributed by atoms with E-state index in [9.17, 15) is 4.79 Å². The molecule has 0 spiro atoms. The normalized spacial score (nSPS) is 10.6. The van der Waals surface area contributed by atoms with Crippen LogP contribution in [-0.4, -0.2) is 35.4 Å². The number of carbonyl (C=O) groups is 1. The lowest BCUT2D eigenvalue weighted by molar-refractivity contribution is 0.111. The molecular weight excluding hydrogens is 268 g/mol. The molecule has 0 N–H and O–H groups in total. The third-order valence-electron chi connectivity index (χ3n) is 3.17. The van der Waals surface area contributed by atoms with E-state index >= 15 is 0 Å². The van der Waals surface area contributed by atoms with Gasteiger partial charge in [-0.3, -0.25) is 4.79 Å². The number of carbonyl (C=O) groups excluding carboxylic acids is 1. The van der Waals surface area contributed by atoms with Crippen LogP contribution in [0.4, 0.5) is 5.69 Å². The quantitative estimate of drug-likeness (QED) is 0.687. The maximum atomic E-state index is 11.1. The van der Waals surface area contributed by atoms with Crippen molar-refractivity contribution in [2.75, 3.05) is 19.0 Å². The molecular formula is C15H14N4O2. The summed E-state index contributed by atoms with van der Waals surface area (Å²) in [6, 6.07) is 11.3. The van der Waals surface area contributed by atoms with E-state index in [1.54, 1.807) is 23.1 Å². The molecule has 0 saturated carbocycles. The highest BCUT2D eigenvalue weighted by atomic mass is 16.3. The molecule has 106 valence electrons. The highest BCUT2D eigenvalue weighted by Gasteiger charge is 2.18. The molecule has 0 fully saturated rings. The number of rotatable bonds is 4. The summed E-state index contributed by atoms with van der Waals surface area (Å²) < 4.78 is 6.98. The van der Waals surface area contributed by atoms with E-state index in [1.165, 1.54) is 0 Å². The number of furan rings is 1. The second-order valence-corrected chi connectivity index (χ2v) is 4.74. The highest BCUT2D eigenvalue weighted by Crippen LogP contribution is 2.25. The summed E-state index contributed by atoms with van der Waals surface area (Å²) in [5.41, 5.74) is 2.69. The second kappa shape index (κ2) is 5.24. The predicted molar refractivity (Wildman–Crippen MR) is 78.8 cm³/mol. The fourth-order valence-corrected chi connectivity index (χ4v) is 2.09. The van der Waals surface area contributed by atoms with Crippen LogP contribution < -0.4 is 4.90 Å². The Labute approximate surface area is 121 Å². The fourth-order valence-electron chi connectivity index (χ4n) is 2.09. The zero-order valence-electron chi connectivity index (χ0n) is 11.7. The molecule has 0 aliphatic heterocycles. The molecule has 2 aromatic heterocycles. The van der Waals surface area contributed by atoms with Gasteiger partial charge in [-0.15, -0.1) is 5.10 Å². The third kappa shape index (κ3) is 2.31. The molecule has 6 heteroatoms. The van der Waals surface area contributed by atoms with Crippen molar-refractivity contribution in [3.63, 3.8) is 0 Å². The molecule has 0 bridgehead atoms. The number of hydrogen-bond donors (Lipinski definition) is 0. The molecule has 3 aromatic rings. The summed E-state index contributed by atoms with van der Waals surface area (Å²) in [5, 5.41) is 7.95. The summed E-state index contributed by atoms with van der Waals surface area (Å²) in [6.45, 7) is 0. The van der Waals surface area contributed by atoms with Crippen LogP contribution in [0.1, 0.15) is 10.5 Å². The van der Waals surface area contributed by atoms with Gasteiger partial charge in [0, 0.05) is 19.8 Å². The van der Waals surface area contributed by atoms with Crippen molar-refractivity contribution in [3.8, 4) is 17.1 Å². The standard InChI is InChI=1S/C15H14N4O2/c1-18(2)11-5-7-12(8-6-11)19-15(13(10-20)16-17-19)14-4-3-9-21-14/h3-10H,1-2H3. The van der Waals surface area contributed by atoms with Gasteiger partial charge in [-0.1, -0.05) is 5.21 Å². The lowest BCUT2D eigenvalue weighted by Gasteiger charge is -2.13. The minimum absolute atomic E-state index is 0.252. The minimum Gasteiger partial charge on any atom is -0.463 e. The van der Waals surface area contributed by atoms with Crippen LogP contribution in [0.25, 0.3) is 17.1 Å². The van der Waals surface area contributed by atoms with Crippen molar-refractivity contribution >= 4 is 12.0 Å². The highest BCUT2D eigenvalue weighted by molar-refractivity contribution is 5.82. The second-order valence-electron chi connectivity index (χ2n) is 4.74. The SMILES string of the molecule is CN(C)c1ccc(-n2nnc(C=O)c2-c2ccco2)cc1. The average molecular weight is 282 g/mol. The Morgan fingerprint density at radius 2 is 1.95 bits per heavy atom. The Morgan fingerprint density at radius 1 is 1.19 bits per heavy atom. The van der Waals surface area contributed by atoms with Gasteiger partial charge in [0.15, 0.2) is 17.7 Å². The smallest absolute Gasteiger partial charge is 0.172 e. The van der Waals surface area contributed by atoms with Gasteiger partial charge in [-0.25, -0.2) is 4.68 Å². The van der Waals surface area contributed by atoms with E-state index in [2.05, 4.69) is 10.3 Å². The van der Waals surface area contributed by atoms with Gasteiger partial charge >= 0.3 is 0 Å². The lowest BCUT2D eigenvalue weighted by Crippen LogP contribution is -2.08. The Balaban J connectivity index is 2.10. The van der Waals surface area contributed by atoms with E-state index in [4.69, 9.17) is 4.42 Å². The summed E-state index contributed by atoms with van der Waals surface area (Å²) in [7, 11) is 3.95. The first-order chi connectivity index (χ1) is 10.2. The van der Waals surface area contributed by atoms with E-state index in [-0.39, 0.29) is 5.69 Å². The summed E-state index contributed by atoms with van der Waals surface area (Å²) in [4.78, 5) is 13.2. The molecule has 0 saturated heterocycles. The number of hydrogen-bond acceptors (Lipinski definition) is 5. The van der Waals surface area contributed by atoms with Crippen molar-refractivity contribution < 1.29 is 9.21 Å². The topological polar surface area (TPSA) is 64.2 Å². The molecule has 2 heterocycles. The first-order valence-electron chi connectivity index (χ1n) is 6.43. The van der Waals surface area contributed by atoms with E-state index in [0.29, 0.717) is 17.7 Å². The number of nitrogens with zero attached hydrogens (tertiary/aromatic N) is 4. The van der Waals surface area contributed by atoms with Crippen LogP contribution in [0.5, 0.6) is 0 Å². The van der Waals surface area contributed by atoms with Gasteiger partial charge in [0.05, 0.1) is 12.0 Å². The maximum absolute atomic E-state index is 11.1. The van der Waals surface area contributed by atoms with Crippen molar-refractivity contribution in [1.29, 1.82) is 0 Å². The Morgan fingerprint density at radius 3 is 2.52 bits per heavy atom. The molecule has 0 aliphatic rings. The number of aldehydes is 1. The van der Waals surface area contributed by atoms with E-state index in [1.807, 2.05) is 43.3 Å². The minimum atomic E-state index is 0.252. The van der Waals surface area contributed by atoms with Crippen LogP contribution in [0, 0.1) is 0 Å². The number of benzene rings is 1. The molecule has 0 unspecified atom stereocenters. The van der Waals surface area contributed by atoms with Crippen molar-refractivity contribution in [3.05, 3.63) is 48.4 Å². The van der Waals surface area contributed by atoms with Gasteiger partial charge in [-0.2, -0.15) is 0 Å². The first kappa shape index (κ1) is 13.1. The average Bonchev–Trinajstić information content (AvgIpc) is 3.15. The molecule has 6 nitrogen and oxygen atoms in total. The third-order valence-corrected chi connectivity index (χ3v) is 3.17. The number of anilines is 1. The summed E-state index contributed by atoms with van der Waals surface area (Å²) >= 11 is 0. The monoisotopic (exact) mass is 282 g/mol. The maximum Gasteiger partial charge on any atom is 0.172 e. The zero-order chi connectivity index (χ0) is 14.8. The summed E-state index contributed by atoms with van der Waals surface area (Å²) in [6.07, 6.45) is 2.23. The molecule has 0 amide bonds. The molecule has 0 atom stereocenters. The molecule has 3 rings (SSSR count). The van der Waals surface area contributed by atoms with Crippen molar-refractivity contribution in [1.82, 2.24) is 15.0 Å². The van der Waals surface area contributed by atoms with Crippen LogP contribution >= 0.6 is 0 Å². The van der Waals surface area contributed by atoms with Gasteiger partial charge in [-0.05, 0) is 36.4 Å². The molecule has 1 aromatic carbocycles. The van der Waals surface area contributed by atoms with E-state index < -0.39 is 0 Å². The van der Waals surface area contributed by atoms with E-state index in [0.717, 1.165) is 11.4 Å². The number of aromatic nitrogens is 3. The fraction of sp³-hybridized carbons (Fsp3) is 0.133. The Kier molecular flexibility index (Phi) is 3.27. The van der Waals surface area contributed by atoms with Crippen molar-refractivity contribution in [2.45, 2.75) is 0 Å².